The summed E-state index contributed by atoms with van der Waals surface area (Å²) in [7, 11) is 1.88. The first-order chi connectivity index (χ1) is 12.1. The van der Waals surface area contributed by atoms with E-state index in [4.69, 9.17) is 9.40 Å². The molecule has 0 saturated carbocycles. The number of aromatic nitrogens is 3. The molecule has 0 unspecified atom stereocenters. The lowest BCUT2D eigenvalue weighted by Crippen LogP contribution is -1.94. The molecule has 0 aliphatic carbocycles. The second-order valence-electron chi connectivity index (χ2n) is 6.04. The van der Waals surface area contributed by atoms with Gasteiger partial charge in [0.1, 0.15) is 16.8 Å². The van der Waals surface area contributed by atoms with E-state index in [2.05, 4.69) is 5.10 Å². The predicted molar refractivity (Wildman–Crippen MR) is 95.7 cm³/mol. The van der Waals surface area contributed by atoms with E-state index in [0.717, 1.165) is 27.5 Å². The van der Waals surface area contributed by atoms with Gasteiger partial charge in [0.05, 0.1) is 0 Å². The minimum Gasteiger partial charge on any atom is -0.508 e. The van der Waals surface area contributed by atoms with Crippen molar-refractivity contribution in [3.8, 4) is 16.9 Å². The van der Waals surface area contributed by atoms with E-state index < -0.39 is 0 Å². The Morgan fingerprint density at radius 2 is 2.04 bits per heavy atom. The normalized spacial score (nSPS) is 11.7. The van der Waals surface area contributed by atoms with Crippen molar-refractivity contribution in [3.63, 3.8) is 0 Å². The number of furan rings is 1. The fourth-order valence-corrected chi connectivity index (χ4v) is 3.31. The number of pyridine rings is 1. The SMILES string of the molecule is Cn1[nH]cc2c(-c3cccc(O)c3)c3oc4cc(=O)ccc4c3nc21. The van der Waals surface area contributed by atoms with Crippen molar-refractivity contribution in [2.45, 2.75) is 0 Å². The molecule has 2 aromatic carbocycles. The number of aryl methyl sites for hydroxylation is 1. The molecule has 0 radical (unpaired) electrons. The maximum absolute atomic E-state index is 11.7. The summed E-state index contributed by atoms with van der Waals surface area (Å²) in [4.78, 5) is 16.4. The quantitative estimate of drug-likeness (QED) is 0.492. The zero-order valence-electron chi connectivity index (χ0n) is 13.3. The van der Waals surface area contributed by atoms with Crippen LogP contribution in [0, 0.1) is 0 Å². The smallest absolute Gasteiger partial charge is 0.182 e. The lowest BCUT2D eigenvalue weighted by atomic mass is 10.0. The molecular weight excluding hydrogens is 318 g/mol. The lowest BCUT2D eigenvalue weighted by molar-refractivity contribution is 0.475. The Bertz CT molecular complexity index is 1340. The molecule has 0 amide bonds. The Morgan fingerprint density at radius 1 is 1.16 bits per heavy atom. The van der Waals surface area contributed by atoms with Gasteiger partial charge in [-0.15, -0.1) is 0 Å². The van der Waals surface area contributed by atoms with Crippen LogP contribution in [0.2, 0.25) is 0 Å². The summed E-state index contributed by atoms with van der Waals surface area (Å²) in [6.45, 7) is 0. The first-order valence-corrected chi connectivity index (χ1v) is 7.81. The van der Waals surface area contributed by atoms with Crippen molar-refractivity contribution in [1.29, 1.82) is 0 Å². The number of phenolic OH excluding ortho intramolecular Hbond substituents is 1. The molecule has 0 spiro atoms. The van der Waals surface area contributed by atoms with Crippen molar-refractivity contribution >= 4 is 33.1 Å². The number of nitrogens with zero attached hydrogens (tertiary/aromatic N) is 2. The standard InChI is InChI=1S/C19H13N3O3/c1-22-19-14(9-20-22)16(10-3-2-4-11(23)7-10)18-17(21-19)13-6-5-12(24)8-15(13)25-18/h2-9,20,23H,1H3. The molecule has 25 heavy (non-hydrogen) atoms. The molecule has 0 aliphatic heterocycles. The maximum Gasteiger partial charge on any atom is 0.182 e. The van der Waals surface area contributed by atoms with Gasteiger partial charge in [0.15, 0.2) is 16.7 Å². The van der Waals surface area contributed by atoms with Gasteiger partial charge in [-0.2, -0.15) is 0 Å². The highest BCUT2D eigenvalue weighted by atomic mass is 16.3. The summed E-state index contributed by atoms with van der Waals surface area (Å²) in [6, 6.07) is 11.7. The van der Waals surface area contributed by atoms with Crippen LogP contribution in [0.15, 0.2) is 57.9 Å². The van der Waals surface area contributed by atoms with Crippen molar-refractivity contribution in [1.82, 2.24) is 14.8 Å². The molecule has 5 rings (SSSR count). The zero-order chi connectivity index (χ0) is 17.1. The molecule has 0 bridgehead atoms. The Morgan fingerprint density at radius 3 is 2.88 bits per heavy atom. The Balaban J connectivity index is 2.04. The van der Waals surface area contributed by atoms with Gasteiger partial charge in [-0.1, -0.05) is 12.1 Å². The third-order valence-corrected chi connectivity index (χ3v) is 4.45. The molecule has 0 fully saturated rings. The summed E-state index contributed by atoms with van der Waals surface area (Å²) < 4.78 is 7.83. The Labute approximate surface area is 140 Å². The minimum atomic E-state index is -0.108. The van der Waals surface area contributed by atoms with E-state index in [1.165, 1.54) is 12.1 Å². The monoisotopic (exact) mass is 331 g/mol. The summed E-state index contributed by atoms with van der Waals surface area (Å²) in [5, 5.41) is 14.7. The highest BCUT2D eigenvalue weighted by Crippen LogP contribution is 2.39. The fourth-order valence-electron chi connectivity index (χ4n) is 3.31. The Kier molecular flexibility index (Phi) is 2.62. The molecule has 6 nitrogen and oxygen atoms in total. The van der Waals surface area contributed by atoms with Crippen LogP contribution in [0.3, 0.4) is 0 Å². The number of benzene rings is 2. The largest absolute Gasteiger partial charge is 0.508 e. The molecule has 3 aromatic heterocycles. The van der Waals surface area contributed by atoms with E-state index >= 15 is 0 Å². The average molecular weight is 331 g/mol. The van der Waals surface area contributed by atoms with Crippen LogP contribution in [0.4, 0.5) is 0 Å². The van der Waals surface area contributed by atoms with E-state index in [1.54, 1.807) is 24.3 Å². The molecule has 0 saturated heterocycles. The highest BCUT2D eigenvalue weighted by molar-refractivity contribution is 6.14. The van der Waals surface area contributed by atoms with Gasteiger partial charge in [0.2, 0.25) is 0 Å². The third-order valence-electron chi connectivity index (χ3n) is 4.45. The number of H-pyrrole nitrogens is 1. The molecule has 2 N–H and O–H groups in total. The van der Waals surface area contributed by atoms with Gasteiger partial charge in [-0.05, 0) is 29.8 Å². The fraction of sp³-hybridized carbons (Fsp3) is 0.0526. The molecule has 0 aliphatic rings. The lowest BCUT2D eigenvalue weighted by Gasteiger charge is -2.06. The maximum atomic E-state index is 11.7. The average Bonchev–Trinajstić information content (AvgIpc) is 3.13. The number of hydrogen-bond donors (Lipinski definition) is 2. The number of hydrogen-bond acceptors (Lipinski definition) is 4. The first-order valence-electron chi connectivity index (χ1n) is 7.81. The molecule has 122 valence electrons. The highest BCUT2D eigenvalue weighted by Gasteiger charge is 2.19. The van der Waals surface area contributed by atoms with Gasteiger partial charge < -0.3 is 14.6 Å². The zero-order valence-corrected chi connectivity index (χ0v) is 13.3. The van der Waals surface area contributed by atoms with Gasteiger partial charge in [-0.3, -0.25) is 9.48 Å². The van der Waals surface area contributed by atoms with E-state index in [-0.39, 0.29) is 11.2 Å². The molecule has 5 aromatic rings. The summed E-state index contributed by atoms with van der Waals surface area (Å²) in [6.07, 6.45) is 1.85. The van der Waals surface area contributed by atoms with Crippen LogP contribution in [-0.4, -0.2) is 19.9 Å². The van der Waals surface area contributed by atoms with Crippen LogP contribution >= 0.6 is 0 Å². The van der Waals surface area contributed by atoms with Crippen LogP contribution < -0.4 is 5.43 Å². The van der Waals surface area contributed by atoms with Crippen LogP contribution in [0.1, 0.15) is 0 Å². The number of aromatic amines is 1. The second kappa shape index (κ2) is 4.73. The van der Waals surface area contributed by atoms with Gasteiger partial charge in [0, 0.05) is 35.6 Å². The molecule has 6 heteroatoms. The van der Waals surface area contributed by atoms with E-state index in [1.807, 2.05) is 24.0 Å². The number of rotatable bonds is 1. The van der Waals surface area contributed by atoms with Crippen LogP contribution in [0.25, 0.3) is 44.2 Å². The predicted octanol–water partition coefficient (Wildman–Crippen LogP) is 3.53. The number of phenols is 1. The topological polar surface area (TPSA) is 84.0 Å². The van der Waals surface area contributed by atoms with Gasteiger partial charge in [-0.25, -0.2) is 4.98 Å². The van der Waals surface area contributed by atoms with Gasteiger partial charge in [0.25, 0.3) is 0 Å². The van der Waals surface area contributed by atoms with Crippen molar-refractivity contribution in [2.75, 3.05) is 0 Å². The van der Waals surface area contributed by atoms with Crippen molar-refractivity contribution < 1.29 is 9.52 Å². The number of fused-ring (bicyclic) bond motifs is 4. The second-order valence-corrected chi connectivity index (χ2v) is 6.04. The van der Waals surface area contributed by atoms with Crippen molar-refractivity contribution in [3.05, 3.63) is 58.9 Å². The molecule has 3 heterocycles. The summed E-state index contributed by atoms with van der Waals surface area (Å²) in [5.74, 6) is 0.175. The first kappa shape index (κ1) is 13.9. The van der Waals surface area contributed by atoms with Gasteiger partial charge >= 0.3 is 0 Å². The minimum absolute atomic E-state index is 0.108. The molecular formula is C19H13N3O3. The third kappa shape index (κ3) is 1.91. The van der Waals surface area contributed by atoms with E-state index in [9.17, 15) is 9.90 Å². The summed E-state index contributed by atoms with van der Waals surface area (Å²) >= 11 is 0. The van der Waals surface area contributed by atoms with Crippen LogP contribution in [-0.2, 0) is 7.05 Å². The summed E-state index contributed by atoms with van der Waals surface area (Å²) in [5.41, 5.74) is 4.10. The van der Waals surface area contributed by atoms with Crippen molar-refractivity contribution in [2.24, 2.45) is 7.05 Å². The Hall–Kier alpha value is -3.54. The number of nitrogens with one attached hydrogen (secondary N) is 1. The molecule has 0 atom stereocenters. The van der Waals surface area contributed by atoms with Crippen LogP contribution in [0.5, 0.6) is 5.75 Å². The van der Waals surface area contributed by atoms with E-state index in [0.29, 0.717) is 16.7 Å². The number of aromatic hydroxyl groups is 1.